The summed E-state index contributed by atoms with van der Waals surface area (Å²) in [6, 6.07) is 5.04. The van der Waals surface area contributed by atoms with Gasteiger partial charge in [-0.15, -0.1) is 0 Å². The first-order chi connectivity index (χ1) is 11.0. The highest BCUT2D eigenvalue weighted by atomic mass is 32.2. The van der Waals surface area contributed by atoms with Crippen molar-refractivity contribution in [2.75, 3.05) is 12.5 Å². The fourth-order valence-corrected chi connectivity index (χ4v) is 3.76. The molecule has 0 saturated heterocycles. The number of benzene rings is 1. The summed E-state index contributed by atoms with van der Waals surface area (Å²) < 4.78 is 28.5. The molecular formula is C16H17NO4S2. The SMILES string of the molecule is C[S+]([O-])Cc1cc([S+](C)[O-])ccc1C(=O)c1cnoc1C1CC1. The van der Waals surface area contributed by atoms with Crippen molar-refractivity contribution in [3.63, 3.8) is 0 Å². The Hall–Kier alpha value is -1.28. The number of aromatic nitrogens is 1. The monoisotopic (exact) mass is 351 g/mol. The third-order valence-corrected chi connectivity index (χ3v) is 5.44. The number of ketones is 1. The van der Waals surface area contributed by atoms with E-state index in [1.165, 1.54) is 6.20 Å². The molecule has 7 heteroatoms. The first kappa shape index (κ1) is 16.6. The molecule has 0 spiro atoms. The molecule has 5 nitrogen and oxygen atoms in total. The molecule has 1 saturated carbocycles. The number of hydrogen-bond donors (Lipinski definition) is 0. The highest BCUT2D eigenvalue weighted by Gasteiger charge is 2.33. The van der Waals surface area contributed by atoms with Crippen molar-refractivity contribution >= 4 is 28.1 Å². The maximum Gasteiger partial charge on any atom is 0.198 e. The van der Waals surface area contributed by atoms with Crippen LogP contribution in [0.15, 0.2) is 33.8 Å². The van der Waals surface area contributed by atoms with Gasteiger partial charge < -0.3 is 13.6 Å². The van der Waals surface area contributed by atoms with Crippen LogP contribution in [0, 0.1) is 0 Å². The van der Waals surface area contributed by atoms with Gasteiger partial charge in [-0.2, -0.15) is 0 Å². The predicted molar refractivity (Wildman–Crippen MR) is 88.5 cm³/mol. The Labute approximate surface area is 140 Å². The molecule has 1 aromatic heterocycles. The van der Waals surface area contributed by atoms with E-state index >= 15 is 0 Å². The summed E-state index contributed by atoms with van der Waals surface area (Å²) >= 11 is -2.26. The molecule has 122 valence electrons. The van der Waals surface area contributed by atoms with E-state index in [9.17, 15) is 13.9 Å². The molecule has 2 unspecified atom stereocenters. The Morgan fingerprint density at radius 2 is 2.04 bits per heavy atom. The first-order valence-electron chi connectivity index (χ1n) is 7.23. The van der Waals surface area contributed by atoms with Gasteiger partial charge in [0.1, 0.15) is 12.0 Å². The van der Waals surface area contributed by atoms with Gasteiger partial charge in [0.2, 0.25) is 0 Å². The maximum absolute atomic E-state index is 12.9. The van der Waals surface area contributed by atoms with E-state index in [4.69, 9.17) is 4.52 Å². The molecule has 3 rings (SSSR count). The zero-order valence-corrected chi connectivity index (χ0v) is 14.5. The van der Waals surface area contributed by atoms with Crippen molar-refractivity contribution in [2.24, 2.45) is 0 Å². The molecule has 0 N–H and O–H groups in total. The minimum Gasteiger partial charge on any atom is -0.616 e. The van der Waals surface area contributed by atoms with E-state index in [0.29, 0.717) is 27.3 Å². The zero-order valence-electron chi connectivity index (χ0n) is 12.9. The Kier molecular flexibility index (Phi) is 4.82. The number of carbonyl (C=O) groups is 1. The van der Waals surface area contributed by atoms with Crippen molar-refractivity contribution in [3.8, 4) is 0 Å². The van der Waals surface area contributed by atoms with Crippen LogP contribution in [-0.2, 0) is 28.1 Å². The molecule has 2 atom stereocenters. The van der Waals surface area contributed by atoms with E-state index in [0.717, 1.165) is 12.8 Å². The first-order valence-corrected chi connectivity index (χ1v) is 10.5. The van der Waals surface area contributed by atoms with E-state index in [1.807, 2.05) is 0 Å². The Morgan fingerprint density at radius 3 is 2.65 bits per heavy atom. The lowest BCUT2D eigenvalue weighted by Gasteiger charge is -2.12. The summed E-state index contributed by atoms with van der Waals surface area (Å²) in [7, 11) is 0. The van der Waals surface area contributed by atoms with Crippen LogP contribution in [0.2, 0.25) is 0 Å². The topological polar surface area (TPSA) is 89.2 Å². The van der Waals surface area contributed by atoms with E-state index in [2.05, 4.69) is 5.16 Å². The number of carbonyl (C=O) groups excluding carboxylic acids is 1. The lowest BCUT2D eigenvalue weighted by molar-refractivity contribution is 0.103. The third-order valence-electron chi connectivity index (χ3n) is 3.80. The van der Waals surface area contributed by atoms with Crippen LogP contribution in [0.1, 0.15) is 46.0 Å². The second-order valence-corrected chi connectivity index (χ2v) is 8.51. The highest BCUT2D eigenvalue weighted by molar-refractivity contribution is 7.90. The molecule has 0 aliphatic heterocycles. The van der Waals surface area contributed by atoms with Gasteiger partial charge in [-0.25, -0.2) is 0 Å². The molecule has 0 radical (unpaired) electrons. The molecule has 2 aromatic rings. The Bertz CT molecular complexity index is 723. The molecule has 1 heterocycles. The van der Waals surface area contributed by atoms with Crippen LogP contribution in [0.5, 0.6) is 0 Å². The lowest BCUT2D eigenvalue weighted by Crippen LogP contribution is -2.11. The molecule has 1 aromatic carbocycles. The second-order valence-electron chi connectivity index (χ2n) is 5.70. The van der Waals surface area contributed by atoms with Crippen molar-refractivity contribution in [1.82, 2.24) is 5.16 Å². The molecule has 1 aliphatic carbocycles. The number of rotatable bonds is 6. The van der Waals surface area contributed by atoms with Crippen LogP contribution in [0.25, 0.3) is 0 Å². The van der Waals surface area contributed by atoms with Gasteiger partial charge in [0, 0.05) is 23.1 Å². The van der Waals surface area contributed by atoms with Crippen LogP contribution in [-0.4, -0.2) is 32.6 Å². The van der Waals surface area contributed by atoms with Gasteiger partial charge >= 0.3 is 0 Å². The zero-order chi connectivity index (χ0) is 16.6. The van der Waals surface area contributed by atoms with Gasteiger partial charge in [-0.1, -0.05) is 16.3 Å². The van der Waals surface area contributed by atoms with Crippen molar-refractivity contribution in [2.45, 2.75) is 29.4 Å². The van der Waals surface area contributed by atoms with Crippen LogP contribution in [0.3, 0.4) is 0 Å². The van der Waals surface area contributed by atoms with Gasteiger partial charge in [0.05, 0.1) is 18.0 Å². The molecular weight excluding hydrogens is 334 g/mol. The third kappa shape index (κ3) is 3.63. The predicted octanol–water partition coefficient (Wildman–Crippen LogP) is 2.40. The lowest BCUT2D eigenvalue weighted by atomic mass is 9.98. The van der Waals surface area contributed by atoms with Gasteiger partial charge in [0.25, 0.3) is 0 Å². The molecule has 1 fully saturated rings. The smallest absolute Gasteiger partial charge is 0.198 e. The van der Waals surface area contributed by atoms with E-state index in [1.54, 1.807) is 30.7 Å². The van der Waals surface area contributed by atoms with E-state index < -0.39 is 22.4 Å². The van der Waals surface area contributed by atoms with Crippen molar-refractivity contribution < 1.29 is 18.4 Å². The summed E-state index contributed by atoms with van der Waals surface area (Å²) in [5.74, 6) is 0.988. The van der Waals surface area contributed by atoms with E-state index in [-0.39, 0.29) is 17.5 Å². The average molecular weight is 351 g/mol. The molecule has 0 bridgehead atoms. The summed E-state index contributed by atoms with van der Waals surface area (Å²) in [6.07, 6.45) is 6.63. The molecule has 1 aliphatic rings. The van der Waals surface area contributed by atoms with Crippen LogP contribution < -0.4 is 0 Å². The van der Waals surface area contributed by atoms with Gasteiger partial charge in [0.15, 0.2) is 16.4 Å². The largest absolute Gasteiger partial charge is 0.616 e. The minimum atomic E-state index is -1.16. The second kappa shape index (κ2) is 6.68. The fourth-order valence-electron chi connectivity index (χ4n) is 2.51. The van der Waals surface area contributed by atoms with Crippen molar-refractivity contribution in [3.05, 3.63) is 46.8 Å². The highest BCUT2D eigenvalue weighted by Crippen LogP contribution is 2.42. The quantitative estimate of drug-likeness (QED) is 0.589. The summed E-state index contributed by atoms with van der Waals surface area (Å²) in [5, 5.41) is 3.76. The average Bonchev–Trinajstić information content (AvgIpc) is 3.23. The summed E-state index contributed by atoms with van der Waals surface area (Å²) in [5.41, 5.74) is 1.59. The van der Waals surface area contributed by atoms with Gasteiger partial charge in [-0.3, -0.25) is 4.79 Å². The standard InChI is InChI=1S/C16H17NO4S2/c1-22(19)9-11-7-12(23(2)20)5-6-13(11)15(18)14-8-17-21-16(14)10-3-4-10/h5-8,10H,3-4,9H2,1-2H3. The Morgan fingerprint density at radius 1 is 1.30 bits per heavy atom. The van der Waals surface area contributed by atoms with Crippen LogP contribution in [0.4, 0.5) is 0 Å². The summed E-state index contributed by atoms with van der Waals surface area (Å²) in [4.78, 5) is 13.5. The fraction of sp³-hybridized carbons (Fsp3) is 0.375. The van der Waals surface area contributed by atoms with Crippen LogP contribution >= 0.6 is 0 Å². The molecule has 0 amide bonds. The minimum absolute atomic E-state index is 0.179. The summed E-state index contributed by atoms with van der Waals surface area (Å²) in [6.45, 7) is 0. The Balaban J connectivity index is 1.99. The normalized spacial score (nSPS) is 17.0. The van der Waals surface area contributed by atoms with Gasteiger partial charge in [-0.05, 0) is 36.2 Å². The number of hydrogen-bond acceptors (Lipinski definition) is 5. The number of nitrogens with zero attached hydrogens (tertiary/aromatic N) is 1. The van der Waals surface area contributed by atoms with Crippen molar-refractivity contribution in [1.29, 1.82) is 0 Å². The molecule has 23 heavy (non-hydrogen) atoms. The maximum atomic E-state index is 12.9.